The summed E-state index contributed by atoms with van der Waals surface area (Å²) in [5.41, 5.74) is 7.28. The molecule has 4 aromatic rings. The molecule has 39 heavy (non-hydrogen) atoms. The third kappa shape index (κ3) is 6.71. The lowest BCUT2D eigenvalue weighted by Crippen LogP contribution is -2.60. The summed E-state index contributed by atoms with van der Waals surface area (Å²) in [5.74, 6) is -0.217. The molecule has 0 spiro atoms. The predicted molar refractivity (Wildman–Crippen MR) is 157 cm³/mol. The molecule has 7 nitrogen and oxygen atoms in total. The fourth-order valence-electron chi connectivity index (χ4n) is 4.86. The molecule has 0 radical (unpaired) electrons. The van der Waals surface area contributed by atoms with Crippen LogP contribution in [0.1, 0.15) is 21.5 Å². The van der Waals surface area contributed by atoms with Crippen molar-refractivity contribution in [2.45, 2.75) is 13.5 Å². The first-order chi connectivity index (χ1) is 18.7. The third-order valence-corrected chi connectivity index (χ3v) is 7.39. The minimum Gasteiger partial charge on any atom is -0.633 e. The van der Waals surface area contributed by atoms with E-state index in [-0.39, 0.29) is 10.6 Å². The molecule has 1 fully saturated rings. The van der Waals surface area contributed by atoms with E-state index in [1.54, 1.807) is 19.2 Å². The first-order valence-electron chi connectivity index (χ1n) is 13.2. The molecular formula is C32H34N4O3. The van der Waals surface area contributed by atoms with Crippen LogP contribution in [0.4, 0.5) is 17.1 Å². The number of amides is 1. The summed E-state index contributed by atoms with van der Waals surface area (Å²) in [4.78, 5) is 13.0. The van der Waals surface area contributed by atoms with E-state index in [9.17, 15) is 15.2 Å². The number of nitrogens with zero attached hydrogens (tertiary/aromatic N) is 2. The highest BCUT2D eigenvalue weighted by molar-refractivity contribution is 6.04. The van der Waals surface area contributed by atoms with Gasteiger partial charge >= 0.3 is 0 Å². The Bertz CT molecular complexity index is 1440. The standard InChI is InChI=1S/C32H34N4O3/c1-24-11-16-30(22-31(24)33-29-10-6-9-28(21-29)26-7-4-3-5-8-26)34-32(37)27-14-12-25(13-15-27)23-36(39)19-17-35(2,38)18-20-36/h3-16,21-22,33H,17-20,23H2,1-2H3,(H,34,37). The first-order valence-corrected chi connectivity index (χ1v) is 13.2. The number of likely N-dealkylation sites (N-methyl/N-ethyl adjacent to an activating group) is 1. The summed E-state index contributed by atoms with van der Waals surface area (Å²) in [7, 11) is 1.62. The summed E-state index contributed by atoms with van der Waals surface area (Å²) in [6, 6.07) is 31.4. The van der Waals surface area contributed by atoms with Gasteiger partial charge in [0.1, 0.15) is 32.7 Å². The Hall–Kier alpha value is -4.01. The molecule has 0 aromatic heterocycles. The number of piperazine rings is 1. The largest absolute Gasteiger partial charge is 0.633 e. The summed E-state index contributed by atoms with van der Waals surface area (Å²) >= 11 is 0. The van der Waals surface area contributed by atoms with Crippen molar-refractivity contribution < 1.29 is 14.1 Å². The van der Waals surface area contributed by atoms with E-state index >= 15 is 0 Å². The molecule has 1 aliphatic rings. The minimum absolute atomic E-state index is 0.217. The molecule has 0 saturated carbocycles. The summed E-state index contributed by atoms with van der Waals surface area (Å²) < 4.78 is -0.743. The van der Waals surface area contributed by atoms with Gasteiger partial charge in [-0.05, 0) is 60.0 Å². The topological polar surface area (TPSA) is 87.2 Å². The van der Waals surface area contributed by atoms with Gasteiger partial charge < -0.3 is 30.3 Å². The number of rotatable bonds is 7. The Morgan fingerprint density at radius 2 is 1.46 bits per heavy atom. The minimum atomic E-state index is -0.394. The summed E-state index contributed by atoms with van der Waals surface area (Å²) in [5, 5.41) is 31.6. The van der Waals surface area contributed by atoms with Crippen molar-refractivity contribution in [1.29, 1.82) is 0 Å². The molecule has 1 aliphatic heterocycles. The van der Waals surface area contributed by atoms with Gasteiger partial charge in [0.25, 0.3) is 5.91 Å². The van der Waals surface area contributed by atoms with E-state index in [4.69, 9.17) is 0 Å². The molecule has 5 rings (SSSR count). The van der Waals surface area contributed by atoms with E-state index in [0.29, 0.717) is 44.0 Å². The predicted octanol–water partition coefficient (Wildman–Crippen LogP) is 6.43. The zero-order chi connectivity index (χ0) is 27.5. The van der Waals surface area contributed by atoms with Crippen LogP contribution in [-0.4, -0.2) is 48.4 Å². The zero-order valence-electron chi connectivity index (χ0n) is 22.4. The molecule has 1 amide bonds. The van der Waals surface area contributed by atoms with Crippen molar-refractivity contribution in [3.05, 3.63) is 124 Å². The van der Waals surface area contributed by atoms with Gasteiger partial charge in [-0.1, -0.05) is 60.7 Å². The number of carbonyl (C=O) groups is 1. The van der Waals surface area contributed by atoms with Crippen LogP contribution in [0.5, 0.6) is 0 Å². The quantitative estimate of drug-likeness (QED) is 0.216. The highest BCUT2D eigenvalue weighted by Gasteiger charge is 2.29. The SMILES string of the molecule is Cc1ccc(NC(=O)c2ccc(C[N+]3([O-])CC[N+](C)([O-])CC3)cc2)cc1Nc1cccc(-c2ccccc2)c1. The lowest BCUT2D eigenvalue weighted by Gasteiger charge is -2.52. The molecule has 1 heterocycles. The first kappa shape index (κ1) is 26.6. The maximum absolute atomic E-state index is 13.0. The van der Waals surface area contributed by atoms with Crippen LogP contribution >= 0.6 is 0 Å². The van der Waals surface area contributed by atoms with Crippen molar-refractivity contribution in [2.75, 3.05) is 43.9 Å². The zero-order valence-corrected chi connectivity index (χ0v) is 22.4. The van der Waals surface area contributed by atoms with E-state index in [1.807, 2.05) is 67.6 Å². The highest BCUT2D eigenvalue weighted by Crippen LogP contribution is 2.28. The number of hydrogen-bond acceptors (Lipinski definition) is 4. The monoisotopic (exact) mass is 522 g/mol. The molecule has 200 valence electrons. The van der Waals surface area contributed by atoms with Crippen molar-refractivity contribution in [3.8, 4) is 11.1 Å². The summed E-state index contributed by atoms with van der Waals surface area (Å²) in [6.07, 6.45) is 0. The van der Waals surface area contributed by atoms with Crippen molar-refractivity contribution in [2.24, 2.45) is 0 Å². The second-order valence-corrected chi connectivity index (χ2v) is 10.7. The number of anilines is 3. The van der Waals surface area contributed by atoms with Gasteiger partial charge in [-0.3, -0.25) is 4.79 Å². The van der Waals surface area contributed by atoms with E-state index < -0.39 is 4.65 Å². The lowest BCUT2D eigenvalue weighted by atomic mass is 10.0. The van der Waals surface area contributed by atoms with Crippen molar-refractivity contribution in [3.63, 3.8) is 0 Å². The maximum atomic E-state index is 13.0. The van der Waals surface area contributed by atoms with Gasteiger partial charge in [0, 0.05) is 28.2 Å². The Balaban J connectivity index is 1.24. The second-order valence-electron chi connectivity index (χ2n) is 10.7. The van der Waals surface area contributed by atoms with Crippen LogP contribution < -0.4 is 10.6 Å². The molecule has 2 N–H and O–H groups in total. The van der Waals surface area contributed by atoms with Gasteiger partial charge in [0.15, 0.2) is 0 Å². The number of hydroxylamine groups is 6. The smallest absolute Gasteiger partial charge is 0.255 e. The number of quaternary nitrogens is 2. The molecule has 0 bridgehead atoms. The van der Waals surface area contributed by atoms with Crippen LogP contribution in [0, 0.1) is 17.3 Å². The molecule has 0 aliphatic carbocycles. The molecule has 7 heteroatoms. The van der Waals surface area contributed by atoms with Gasteiger partial charge in [-0.25, -0.2) is 0 Å². The van der Waals surface area contributed by atoms with E-state index in [2.05, 4.69) is 34.9 Å². The summed E-state index contributed by atoms with van der Waals surface area (Å²) in [6.45, 7) is 3.61. The Morgan fingerprint density at radius 3 is 2.18 bits per heavy atom. The van der Waals surface area contributed by atoms with Gasteiger partial charge in [0.2, 0.25) is 0 Å². The van der Waals surface area contributed by atoms with Crippen LogP contribution in [-0.2, 0) is 6.54 Å². The van der Waals surface area contributed by atoms with Crippen molar-refractivity contribution in [1.82, 2.24) is 0 Å². The average molecular weight is 523 g/mol. The fourth-order valence-corrected chi connectivity index (χ4v) is 4.86. The van der Waals surface area contributed by atoms with Crippen LogP contribution in [0.3, 0.4) is 0 Å². The van der Waals surface area contributed by atoms with Crippen LogP contribution in [0.25, 0.3) is 11.1 Å². The highest BCUT2D eigenvalue weighted by atomic mass is 16.6. The number of aryl methyl sites for hydroxylation is 1. The number of benzene rings is 4. The molecular weight excluding hydrogens is 488 g/mol. The van der Waals surface area contributed by atoms with Gasteiger partial charge in [0.05, 0.1) is 7.05 Å². The molecule has 1 saturated heterocycles. The second kappa shape index (κ2) is 11.0. The van der Waals surface area contributed by atoms with Crippen molar-refractivity contribution >= 4 is 23.0 Å². The average Bonchev–Trinajstić information content (AvgIpc) is 2.94. The number of carbonyl (C=O) groups excluding carboxylic acids is 1. The van der Waals surface area contributed by atoms with Crippen LogP contribution in [0.2, 0.25) is 0 Å². The maximum Gasteiger partial charge on any atom is 0.255 e. The van der Waals surface area contributed by atoms with Gasteiger partial charge in [-0.15, -0.1) is 0 Å². The van der Waals surface area contributed by atoms with E-state index in [0.717, 1.165) is 33.6 Å². The number of nitrogens with one attached hydrogen (secondary N) is 2. The molecule has 4 aromatic carbocycles. The lowest BCUT2D eigenvalue weighted by molar-refractivity contribution is -0.987. The fraction of sp³-hybridized carbons (Fsp3) is 0.219. The third-order valence-electron chi connectivity index (χ3n) is 7.39. The van der Waals surface area contributed by atoms with Gasteiger partial charge in [-0.2, -0.15) is 0 Å². The Labute approximate surface area is 229 Å². The molecule has 0 unspecified atom stereocenters. The van der Waals surface area contributed by atoms with E-state index in [1.165, 1.54) is 0 Å². The number of hydrogen-bond donors (Lipinski definition) is 2. The molecule has 0 atom stereocenters. The van der Waals surface area contributed by atoms with Crippen LogP contribution in [0.15, 0.2) is 97.1 Å². The Kier molecular flexibility index (Phi) is 7.50. The Morgan fingerprint density at radius 1 is 0.769 bits per heavy atom. The normalized spacial score (nSPS) is 20.8.